The van der Waals surface area contributed by atoms with E-state index in [0.29, 0.717) is 26.2 Å². The molecule has 0 saturated heterocycles. The Labute approximate surface area is 135 Å². The topological polar surface area (TPSA) is 54.8 Å². The van der Waals surface area contributed by atoms with Crippen molar-refractivity contribution in [3.05, 3.63) is 32.9 Å². The zero-order chi connectivity index (χ0) is 16.1. The first kappa shape index (κ1) is 17.1. The standard InChI is InChI=1S/C14H21BN3O3S/c1-4-6-18-12-9-17(15-10-19)8-11(13(12)22-14(18)20)16(3)21-7-5-2/h5,10-11H,2,4,6-9H2,1,3H3. The van der Waals surface area contributed by atoms with Gasteiger partial charge in [0, 0.05) is 32.4 Å². The van der Waals surface area contributed by atoms with Crippen molar-refractivity contribution < 1.29 is 9.63 Å². The Morgan fingerprint density at radius 2 is 2.36 bits per heavy atom. The fourth-order valence-electron chi connectivity index (χ4n) is 2.63. The summed E-state index contributed by atoms with van der Waals surface area (Å²) in [6.07, 6.45) is 3.36. The van der Waals surface area contributed by atoms with Crippen LogP contribution in [-0.4, -0.2) is 48.2 Å². The van der Waals surface area contributed by atoms with Gasteiger partial charge in [0.25, 0.3) is 7.41 Å². The van der Waals surface area contributed by atoms with Gasteiger partial charge in [-0.1, -0.05) is 24.3 Å². The molecule has 0 N–H and O–H groups in total. The molecule has 0 aliphatic carbocycles. The van der Waals surface area contributed by atoms with E-state index < -0.39 is 0 Å². The van der Waals surface area contributed by atoms with Gasteiger partial charge in [-0.25, -0.2) is 0 Å². The lowest BCUT2D eigenvalue weighted by atomic mass is 9.90. The first-order valence-corrected chi connectivity index (χ1v) is 8.15. The van der Waals surface area contributed by atoms with Gasteiger partial charge in [-0.15, -0.1) is 6.58 Å². The van der Waals surface area contributed by atoms with Gasteiger partial charge >= 0.3 is 4.87 Å². The molecular weight excluding hydrogens is 301 g/mol. The summed E-state index contributed by atoms with van der Waals surface area (Å²) in [6, 6.07) is -0.0734. The van der Waals surface area contributed by atoms with Crippen molar-refractivity contribution in [2.45, 2.75) is 32.5 Å². The molecule has 0 aromatic carbocycles. The summed E-state index contributed by atoms with van der Waals surface area (Å²) < 4.78 is 1.82. The van der Waals surface area contributed by atoms with Crippen LogP contribution in [0.2, 0.25) is 0 Å². The number of hydrogen-bond donors (Lipinski definition) is 0. The van der Waals surface area contributed by atoms with Gasteiger partial charge in [0.15, 0.2) is 0 Å². The van der Waals surface area contributed by atoms with E-state index in [0.717, 1.165) is 23.2 Å². The molecule has 1 aliphatic rings. The quantitative estimate of drug-likeness (QED) is 0.310. The van der Waals surface area contributed by atoms with Crippen molar-refractivity contribution in [3.63, 3.8) is 0 Å². The number of hydrogen-bond acceptors (Lipinski definition) is 6. The van der Waals surface area contributed by atoms with Crippen LogP contribution >= 0.6 is 11.3 Å². The second-order valence-corrected chi connectivity index (χ2v) is 6.18. The SMILES string of the molecule is C=CCON(C)C1CN([B]C=O)Cc2c1sc(=O)n2CCC. The van der Waals surface area contributed by atoms with Crippen molar-refractivity contribution in [2.75, 3.05) is 20.2 Å². The molecule has 1 atom stereocenters. The van der Waals surface area contributed by atoms with Gasteiger partial charge in [-0.3, -0.25) is 9.63 Å². The van der Waals surface area contributed by atoms with E-state index in [-0.39, 0.29) is 10.9 Å². The van der Waals surface area contributed by atoms with E-state index >= 15 is 0 Å². The molecule has 1 aromatic rings. The number of thiazole rings is 1. The van der Waals surface area contributed by atoms with Crippen molar-refractivity contribution in [3.8, 4) is 0 Å². The van der Waals surface area contributed by atoms with Crippen LogP contribution in [0.1, 0.15) is 30.0 Å². The third kappa shape index (κ3) is 3.57. The molecule has 0 amide bonds. The number of likely N-dealkylation sites (N-methyl/N-ethyl adjacent to an activating group) is 1. The summed E-state index contributed by atoms with van der Waals surface area (Å²) in [5.41, 5.74) is 0.986. The lowest BCUT2D eigenvalue weighted by Crippen LogP contribution is -2.43. The van der Waals surface area contributed by atoms with Gasteiger partial charge in [0.1, 0.15) is 0 Å². The van der Waals surface area contributed by atoms with Gasteiger partial charge < -0.3 is 14.2 Å². The predicted molar refractivity (Wildman–Crippen MR) is 88.4 cm³/mol. The van der Waals surface area contributed by atoms with Crippen LogP contribution in [0.3, 0.4) is 0 Å². The first-order chi connectivity index (χ1) is 10.6. The Morgan fingerprint density at radius 3 is 3.00 bits per heavy atom. The van der Waals surface area contributed by atoms with Crippen LogP contribution in [0.25, 0.3) is 0 Å². The summed E-state index contributed by atoms with van der Waals surface area (Å²) in [7, 11) is 3.37. The molecule has 2 rings (SSSR count). The first-order valence-electron chi connectivity index (χ1n) is 7.34. The molecule has 119 valence electrons. The minimum absolute atomic E-state index is 0.0573. The second-order valence-electron chi connectivity index (χ2n) is 5.19. The minimum atomic E-state index is -0.0734. The van der Waals surface area contributed by atoms with Crippen molar-refractivity contribution in [1.82, 2.24) is 14.4 Å². The Kier molecular flexibility index (Phi) is 6.13. The highest BCUT2D eigenvalue weighted by Crippen LogP contribution is 2.32. The van der Waals surface area contributed by atoms with E-state index in [4.69, 9.17) is 4.84 Å². The zero-order valence-electron chi connectivity index (χ0n) is 13.0. The third-order valence-electron chi connectivity index (χ3n) is 3.64. The summed E-state index contributed by atoms with van der Waals surface area (Å²) >= 11 is 1.28. The molecule has 0 spiro atoms. The Morgan fingerprint density at radius 1 is 1.59 bits per heavy atom. The molecule has 1 aromatic heterocycles. The summed E-state index contributed by atoms with van der Waals surface area (Å²) in [5, 5.41) is 1.75. The smallest absolute Gasteiger partial charge is 0.307 e. The number of rotatable bonds is 8. The Bertz CT molecular complexity index is 586. The van der Waals surface area contributed by atoms with Gasteiger partial charge in [0.2, 0.25) is 0 Å². The maximum absolute atomic E-state index is 12.3. The molecule has 6 nitrogen and oxygen atoms in total. The minimum Gasteiger partial charge on any atom is -0.333 e. The van der Waals surface area contributed by atoms with Gasteiger partial charge in [-0.05, 0) is 6.42 Å². The van der Waals surface area contributed by atoms with E-state index in [1.165, 1.54) is 18.8 Å². The monoisotopic (exact) mass is 322 g/mol. The molecule has 1 aliphatic heterocycles. The fraction of sp³-hybridized carbons (Fsp3) is 0.571. The number of fused-ring (bicyclic) bond motifs is 1. The lowest BCUT2D eigenvalue weighted by molar-refractivity contribution is -0.162. The van der Waals surface area contributed by atoms with E-state index in [1.807, 2.05) is 23.3 Å². The Hall–Kier alpha value is -1.22. The van der Waals surface area contributed by atoms with Crippen LogP contribution in [0.4, 0.5) is 0 Å². The second kappa shape index (κ2) is 7.87. The highest BCUT2D eigenvalue weighted by molar-refractivity contribution is 7.09. The number of aromatic nitrogens is 1. The normalized spacial score (nSPS) is 18.2. The number of carbonyl (C=O) groups is 1. The van der Waals surface area contributed by atoms with Crippen LogP contribution in [-0.2, 0) is 22.7 Å². The summed E-state index contributed by atoms with van der Waals surface area (Å²) in [4.78, 5) is 31.7. The largest absolute Gasteiger partial charge is 0.333 e. The molecule has 1 unspecified atom stereocenters. The highest BCUT2D eigenvalue weighted by Gasteiger charge is 2.33. The average Bonchev–Trinajstić information content (AvgIpc) is 2.81. The molecule has 2 heterocycles. The highest BCUT2D eigenvalue weighted by atomic mass is 32.1. The van der Waals surface area contributed by atoms with Crippen molar-refractivity contribution >= 4 is 24.9 Å². The van der Waals surface area contributed by atoms with E-state index in [2.05, 4.69) is 6.58 Å². The Balaban J connectivity index is 2.35. The summed E-state index contributed by atoms with van der Waals surface area (Å²) in [5.74, 6) is 0. The number of nitrogens with zero attached hydrogens (tertiary/aromatic N) is 3. The molecule has 0 saturated carbocycles. The third-order valence-corrected chi connectivity index (χ3v) is 4.77. The van der Waals surface area contributed by atoms with E-state index in [1.54, 1.807) is 11.1 Å². The number of hydroxylamine groups is 2. The van der Waals surface area contributed by atoms with Crippen LogP contribution in [0, 0.1) is 0 Å². The maximum Gasteiger partial charge on any atom is 0.307 e. The van der Waals surface area contributed by atoms with Crippen LogP contribution in [0.5, 0.6) is 0 Å². The molecular formula is C14H21BN3O3S. The average molecular weight is 322 g/mol. The van der Waals surface area contributed by atoms with Crippen LogP contribution in [0.15, 0.2) is 17.4 Å². The van der Waals surface area contributed by atoms with Crippen LogP contribution < -0.4 is 4.87 Å². The van der Waals surface area contributed by atoms with Gasteiger partial charge in [-0.2, -0.15) is 5.06 Å². The molecule has 22 heavy (non-hydrogen) atoms. The van der Waals surface area contributed by atoms with Gasteiger partial charge in [0.05, 0.1) is 23.7 Å². The number of carbonyl (C=O) groups excluding carboxylic acids is 1. The predicted octanol–water partition coefficient (Wildman–Crippen LogP) is 1.04. The molecule has 1 radical (unpaired) electrons. The zero-order valence-corrected chi connectivity index (χ0v) is 13.8. The summed E-state index contributed by atoms with van der Waals surface area (Å²) in [6.45, 7) is 7.99. The fourth-order valence-corrected chi connectivity index (χ4v) is 3.78. The molecule has 0 fully saturated rings. The van der Waals surface area contributed by atoms with Crippen molar-refractivity contribution in [1.29, 1.82) is 0 Å². The van der Waals surface area contributed by atoms with Crippen molar-refractivity contribution in [2.24, 2.45) is 0 Å². The maximum atomic E-state index is 12.3. The van der Waals surface area contributed by atoms with E-state index in [9.17, 15) is 9.59 Å². The lowest BCUT2D eigenvalue weighted by Gasteiger charge is -2.36. The molecule has 0 bridgehead atoms. The molecule has 8 heteroatoms.